The van der Waals surface area contributed by atoms with Gasteiger partial charge in [0.2, 0.25) is 5.69 Å². The second kappa shape index (κ2) is 7.69. The molecule has 3 aromatic rings. The first-order valence-corrected chi connectivity index (χ1v) is 11.7. The van der Waals surface area contributed by atoms with Gasteiger partial charge in [-0.05, 0) is 85.3 Å². The van der Waals surface area contributed by atoms with Crippen molar-refractivity contribution in [2.45, 2.75) is 65.2 Å². The molecule has 154 valence electrons. The molecule has 2 aromatic carbocycles. The van der Waals surface area contributed by atoms with Crippen LogP contribution in [0.5, 0.6) is 0 Å². The lowest BCUT2D eigenvalue weighted by molar-refractivity contribution is -0.660. The molecule has 2 aliphatic rings. The van der Waals surface area contributed by atoms with Gasteiger partial charge in [-0.1, -0.05) is 55.7 Å². The number of aryl methyl sites for hydroxylation is 4. The normalized spacial score (nSPS) is 17.7. The number of benzene rings is 2. The van der Waals surface area contributed by atoms with Crippen LogP contribution in [-0.2, 0) is 19.9 Å². The minimum absolute atomic E-state index is 0.612. The highest BCUT2D eigenvalue weighted by atomic mass is 14.9. The zero-order valence-corrected chi connectivity index (χ0v) is 18.8. The van der Waals surface area contributed by atoms with Gasteiger partial charge in [-0.15, -0.1) is 0 Å². The minimum Gasteiger partial charge on any atom is -0.201 e. The lowest BCUT2D eigenvalue weighted by Crippen LogP contribution is -2.31. The van der Waals surface area contributed by atoms with Crippen molar-refractivity contribution in [3.8, 4) is 22.4 Å². The molecule has 0 bridgehead atoms. The van der Waals surface area contributed by atoms with Gasteiger partial charge in [0.05, 0.1) is 0 Å². The third-order valence-electron chi connectivity index (χ3n) is 7.82. The molecule has 0 amide bonds. The predicted octanol–water partition coefficient (Wildman–Crippen LogP) is 6.90. The van der Waals surface area contributed by atoms with E-state index in [1.807, 2.05) is 0 Å². The summed E-state index contributed by atoms with van der Waals surface area (Å²) in [5.74, 6) is 0. The SMILES string of the molecule is Cc1c[n+](C)c(-c2ccccc2C)cc1-c1ccc2c(c1)CCC1(CCCCC1)C2. The molecule has 2 aliphatic carbocycles. The van der Waals surface area contributed by atoms with E-state index in [9.17, 15) is 0 Å². The fraction of sp³-hybridized carbons (Fsp3) is 0.414. The number of fused-ring (bicyclic) bond motifs is 1. The van der Waals surface area contributed by atoms with Crippen LogP contribution in [0.25, 0.3) is 22.4 Å². The molecule has 1 fully saturated rings. The number of rotatable bonds is 2. The van der Waals surface area contributed by atoms with Crippen molar-refractivity contribution in [3.05, 3.63) is 77.0 Å². The second-order valence-corrected chi connectivity index (χ2v) is 9.90. The zero-order valence-electron chi connectivity index (χ0n) is 18.8. The molecule has 0 aliphatic heterocycles. The van der Waals surface area contributed by atoms with Gasteiger partial charge >= 0.3 is 0 Å². The van der Waals surface area contributed by atoms with Crippen molar-refractivity contribution in [1.82, 2.24) is 0 Å². The second-order valence-electron chi connectivity index (χ2n) is 9.90. The Hall–Kier alpha value is -2.41. The summed E-state index contributed by atoms with van der Waals surface area (Å²) in [4.78, 5) is 0. The summed E-state index contributed by atoms with van der Waals surface area (Å²) in [5, 5.41) is 0. The highest BCUT2D eigenvalue weighted by molar-refractivity contribution is 5.73. The molecule has 0 saturated heterocycles. The van der Waals surface area contributed by atoms with Gasteiger partial charge in [0.25, 0.3) is 0 Å². The Bertz CT molecular complexity index is 1090. The van der Waals surface area contributed by atoms with Crippen molar-refractivity contribution in [1.29, 1.82) is 0 Å². The third-order valence-corrected chi connectivity index (χ3v) is 7.82. The van der Waals surface area contributed by atoms with Crippen LogP contribution in [0.15, 0.2) is 54.7 Å². The molecule has 0 unspecified atom stereocenters. The molecule has 5 rings (SSSR count). The molecule has 1 spiro atoms. The third kappa shape index (κ3) is 3.49. The van der Waals surface area contributed by atoms with Gasteiger partial charge in [0.15, 0.2) is 6.20 Å². The number of nitrogens with zero attached hydrogens (tertiary/aromatic N) is 1. The molecule has 1 saturated carbocycles. The molecule has 0 atom stereocenters. The Morgan fingerprint density at radius 1 is 0.767 bits per heavy atom. The van der Waals surface area contributed by atoms with Gasteiger partial charge in [-0.25, -0.2) is 4.57 Å². The summed E-state index contributed by atoms with van der Waals surface area (Å²) in [6.45, 7) is 4.45. The first-order chi connectivity index (χ1) is 14.5. The standard InChI is InChI=1S/C29H34N/c1-21-9-5-6-10-26(21)28-18-27(22(2)20-30(28)3)24-11-12-25-19-29(14-7-4-8-15-29)16-13-23(25)17-24/h5-6,9-12,17-18,20H,4,7-8,13-16,19H2,1-3H3/q+1. The summed E-state index contributed by atoms with van der Waals surface area (Å²) in [5.41, 5.74) is 11.8. The first kappa shape index (κ1) is 19.5. The fourth-order valence-electron chi connectivity index (χ4n) is 6.04. The zero-order chi connectivity index (χ0) is 20.7. The monoisotopic (exact) mass is 396 g/mol. The molecule has 30 heavy (non-hydrogen) atoms. The van der Waals surface area contributed by atoms with Crippen LogP contribution < -0.4 is 4.57 Å². The summed E-state index contributed by atoms with van der Waals surface area (Å²) in [7, 11) is 2.16. The molecule has 1 aromatic heterocycles. The Kier molecular flexibility index (Phi) is 5.01. The molecule has 1 heterocycles. The van der Waals surface area contributed by atoms with E-state index in [4.69, 9.17) is 0 Å². The lowest BCUT2D eigenvalue weighted by atomic mass is 9.64. The maximum atomic E-state index is 2.50. The molecule has 0 N–H and O–H groups in total. The molecule has 1 nitrogen and oxygen atoms in total. The maximum absolute atomic E-state index is 2.50. The Morgan fingerprint density at radius 3 is 2.37 bits per heavy atom. The van der Waals surface area contributed by atoms with E-state index in [1.54, 1.807) is 11.1 Å². The first-order valence-electron chi connectivity index (χ1n) is 11.7. The van der Waals surface area contributed by atoms with Crippen LogP contribution in [0.4, 0.5) is 0 Å². The van der Waals surface area contributed by atoms with Crippen LogP contribution in [0, 0.1) is 19.3 Å². The van der Waals surface area contributed by atoms with E-state index in [-0.39, 0.29) is 0 Å². The summed E-state index contributed by atoms with van der Waals surface area (Å²) < 4.78 is 2.27. The number of pyridine rings is 1. The summed E-state index contributed by atoms with van der Waals surface area (Å²) in [6, 6.07) is 18.4. The smallest absolute Gasteiger partial charge is 0.201 e. The fourth-order valence-corrected chi connectivity index (χ4v) is 6.04. The van der Waals surface area contributed by atoms with Gasteiger partial charge in [-0.2, -0.15) is 0 Å². The van der Waals surface area contributed by atoms with Crippen molar-refractivity contribution < 1.29 is 4.57 Å². The van der Waals surface area contributed by atoms with E-state index in [2.05, 4.69) is 80.2 Å². The van der Waals surface area contributed by atoms with Gasteiger partial charge in [0, 0.05) is 17.2 Å². The summed E-state index contributed by atoms with van der Waals surface area (Å²) >= 11 is 0. The largest absolute Gasteiger partial charge is 0.213 e. The van der Waals surface area contributed by atoms with E-state index < -0.39 is 0 Å². The van der Waals surface area contributed by atoms with Crippen LogP contribution in [-0.4, -0.2) is 0 Å². The van der Waals surface area contributed by atoms with Crippen molar-refractivity contribution in [2.24, 2.45) is 12.5 Å². The topological polar surface area (TPSA) is 3.88 Å². The highest BCUT2D eigenvalue weighted by Crippen LogP contribution is 2.46. The van der Waals surface area contributed by atoms with Gasteiger partial charge in [0.1, 0.15) is 7.05 Å². The summed E-state index contributed by atoms with van der Waals surface area (Å²) in [6.07, 6.45) is 13.5. The van der Waals surface area contributed by atoms with Crippen LogP contribution >= 0.6 is 0 Å². The number of hydrogen-bond donors (Lipinski definition) is 0. The average molecular weight is 397 g/mol. The number of hydrogen-bond acceptors (Lipinski definition) is 0. The minimum atomic E-state index is 0.612. The average Bonchev–Trinajstić information content (AvgIpc) is 2.75. The Morgan fingerprint density at radius 2 is 1.57 bits per heavy atom. The van der Waals surface area contributed by atoms with Crippen LogP contribution in [0.1, 0.15) is 60.8 Å². The van der Waals surface area contributed by atoms with Gasteiger partial charge < -0.3 is 0 Å². The molecular formula is C29H34N+. The lowest BCUT2D eigenvalue weighted by Gasteiger charge is -2.41. The van der Waals surface area contributed by atoms with Crippen molar-refractivity contribution >= 4 is 0 Å². The Balaban J connectivity index is 1.52. The van der Waals surface area contributed by atoms with Crippen LogP contribution in [0.2, 0.25) is 0 Å². The van der Waals surface area contributed by atoms with E-state index in [1.165, 1.54) is 84.9 Å². The Labute approximate surface area is 181 Å². The molecular weight excluding hydrogens is 362 g/mol. The van der Waals surface area contributed by atoms with E-state index in [0.29, 0.717) is 5.41 Å². The predicted molar refractivity (Wildman–Crippen MR) is 126 cm³/mol. The maximum Gasteiger partial charge on any atom is 0.213 e. The van der Waals surface area contributed by atoms with E-state index in [0.717, 1.165) is 0 Å². The van der Waals surface area contributed by atoms with Crippen molar-refractivity contribution in [2.75, 3.05) is 0 Å². The van der Waals surface area contributed by atoms with Crippen LogP contribution in [0.3, 0.4) is 0 Å². The highest BCUT2D eigenvalue weighted by Gasteiger charge is 2.35. The number of aromatic nitrogens is 1. The molecule has 0 radical (unpaired) electrons. The molecule has 1 heteroatoms. The van der Waals surface area contributed by atoms with Gasteiger partial charge in [-0.3, -0.25) is 0 Å². The van der Waals surface area contributed by atoms with E-state index >= 15 is 0 Å². The quantitative estimate of drug-likeness (QED) is 0.415. The van der Waals surface area contributed by atoms with Crippen molar-refractivity contribution in [3.63, 3.8) is 0 Å².